The lowest BCUT2D eigenvalue weighted by Gasteiger charge is -2.15. The van der Waals surface area contributed by atoms with Gasteiger partial charge >= 0.3 is 0 Å². The molecule has 0 aliphatic carbocycles. The van der Waals surface area contributed by atoms with Crippen molar-refractivity contribution in [2.45, 2.75) is 19.3 Å². The minimum atomic E-state index is -0.137. The van der Waals surface area contributed by atoms with Gasteiger partial charge < -0.3 is 11.1 Å². The third-order valence-corrected chi connectivity index (χ3v) is 3.93. The Morgan fingerprint density at radius 2 is 2.21 bits per heavy atom. The van der Waals surface area contributed by atoms with Crippen molar-refractivity contribution < 1.29 is 4.79 Å². The summed E-state index contributed by atoms with van der Waals surface area (Å²) in [7, 11) is 0. The van der Waals surface area contributed by atoms with Crippen LogP contribution in [0.4, 0.5) is 5.69 Å². The second-order valence-electron chi connectivity index (χ2n) is 4.41. The van der Waals surface area contributed by atoms with E-state index in [0.29, 0.717) is 13.0 Å². The molecule has 2 rings (SSSR count). The number of rotatable bonds is 5. The molecule has 100 valence electrons. The van der Waals surface area contributed by atoms with Gasteiger partial charge in [0.2, 0.25) is 5.91 Å². The van der Waals surface area contributed by atoms with Crippen LogP contribution in [0.2, 0.25) is 0 Å². The van der Waals surface area contributed by atoms with Crippen LogP contribution < -0.4 is 11.1 Å². The normalized spacial score (nSPS) is 12.1. The van der Waals surface area contributed by atoms with Gasteiger partial charge in [0.1, 0.15) is 0 Å². The van der Waals surface area contributed by atoms with E-state index in [4.69, 9.17) is 5.73 Å². The summed E-state index contributed by atoms with van der Waals surface area (Å²) >= 11 is 1.62. The van der Waals surface area contributed by atoms with E-state index >= 15 is 0 Å². The molecule has 0 saturated carbocycles. The van der Waals surface area contributed by atoms with Crippen LogP contribution in [-0.2, 0) is 11.2 Å². The van der Waals surface area contributed by atoms with Crippen LogP contribution in [0.1, 0.15) is 23.3 Å². The lowest BCUT2D eigenvalue weighted by atomic mass is 9.96. The summed E-state index contributed by atoms with van der Waals surface area (Å²) in [5.74, 6) is -0.0610. The topological polar surface area (TPSA) is 55.1 Å². The molecule has 0 aliphatic rings. The number of carbonyl (C=O) groups excluding carboxylic acids is 1. The van der Waals surface area contributed by atoms with Crippen LogP contribution in [-0.4, -0.2) is 12.5 Å². The Kier molecular flexibility index (Phi) is 4.58. The fourth-order valence-corrected chi connectivity index (χ4v) is 2.89. The van der Waals surface area contributed by atoms with Gasteiger partial charge in [0.15, 0.2) is 0 Å². The van der Waals surface area contributed by atoms with Gasteiger partial charge in [-0.05, 0) is 42.5 Å². The third-order valence-electron chi connectivity index (χ3n) is 2.94. The maximum Gasteiger partial charge on any atom is 0.228 e. The lowest BCUT2D eigenvalue weighted by Crippen LogP contribution is -2.29. The monoisotopic (exact) mass is 274 g/mol. The molecule has 1 aromatic heterocycles. The van der Waals surface area contributed by atoms with Crippen molar-refractivity contribution in [2.24, 2.45) is 0 Å². The Hall–Kier alpha value is -1.81. The number of hydrogen-bond acceptors (Lipinski definition) is 3. The van der Waals surface area contributed by atoms with E-state index in [2.05, 4.69) is 5.32 Å². The Bertz CT molecular complexity index is 537. The highest BCUT2D eigenvalue weighted by atomic mass is 32.1. The summed E-state index contributed by atoms with van der Waals surface area (Å²) in [6, 6.07) is 11.7. The van der Waals surface area contributed by atoms with Crippen molar-refractivity contribution in [2.75, 3.05) is 12.3 Å². The molecule has 1 atom stereocenters. The van der Waals surface area contributed by atoms with E-state index in [-0.39, 0.29) is 11.8 Å². The third kappa shape index (κ3) is 3.58. The molecule has 1 amide bonds. The maximum absolute atomic E-state index is 12.2. The molecule has 19 heavy (non-hydrogen) atoms. The quantitative estimate of drug-likeness (QED) is 0.824. The van der Waals surface area contributed by atoms with Gasteiger partial charge in [-0.15, -0.1) is 11.3 Å². The molecule has 2 aromatic rings. The highest BCUT2D eigenvalue weighted by Gasteiger charge is 2.21. The molecular formula is C15H18N2OS. The van der Waals surface area contributed by atoms with Crippen molar-refractivity contribution in [3.05, 3.63) is 52.2 Å². The average Bonchev–Trinajstić information content (AvgIpc) is 2.90. The molecule has 0 spiro atoms. The van der Waals surface area contributed by atoms with Crippen molar-refractivity contribution in [3.63, 3.8) is 0 Å². The maximum atomic E-state index is 12.2. The summed E-state index contributed by atoms with van der Waals surface area (Å²) in [6.07, 6.45) is 0.678. The zero-order valence-electron chi connectivity index (χ0n) is 10.9. The Balaban J connectivity index is 2.21. The van der Waals surface area contributed by atoms with Gasteiger partial charge in [-0.1, -0.05) is 18.2 Å². The highest BCUT2D eigenvalue weighted by Crippen LogP contribution is 2.26. The number of amides is 1. The van der Waals surface area contributed by atoms with Crippen LogP contribution in [0.15, 0.2) is 41.8 Å². The van der Waals surface area contributed by atoms with Crippen molar-refractivity contribution in [1.29, 1.82) is 0 Å². The fourth-order valence-electron chi connectivity index (χ4n) is 2.07. The van der Waals surface area contributed by atoms with Crippen LogP contribution in [0, 0.1) is 0 Å². The van der Waals surface area contributed by atoms with Crippen LogP contribution in [0.25, 0.3) is 0 Å². The van der Waals surface area contributed by atoms with Crippen molar-refractivity contribution >= 4 is 22.9 Å². The first-order valence-corrected chi connectivity index (χ1v) is 7.24. The molecule has 0 radical (unpaired) electrons. The molecular weight excluding hydrogens is 256 g/mol. The first kappa shape index (κ1) is 13.6. The second kappa shape index (κ2) is 6.38. The lowest BCUT2D eigenvalue weighted by molar-refractivity contribution is -0.122. The van der Waals surface area contributed by atoms with Crippen LogP contribution in [0.5, 0.6) is 0 Å². The molecule has 1 heterocycles. The Labute approximate surface area is 117 Å². The van der Waals surface area contributed by atoms with E-state index < -0.39 is 0 Å². The molecule has 1 unspecified atom stereocenters. The minimum Gasteiger partial charge on any atom is -0.399 e. The van der Waals surface area contributed by atoms with Crippen LogP contribution in [0.3, 0.4) is 0 Å². The number of thiophene rings is 1. The molecule has 3 nitrogen and oxygen atoms in total. The van der Waals surface area contributed by atoms with E-state index in [1.54, 1.807) is 11.3 Å². The standard InChI is InChI=1S/C15H18N2OS/c1-2-17-15(18)13(14-7-4-8-19-14)10-11-5-3-6-12(16)9-11/h3-9,13H,2,10,16H2,1H3,(H,17,18). The molecule has 3 N–H and O–H groups in total. The minimum absolute atomic E-state index is 0.0763. The van der Waals surface area contributed by atoms with E-state index in [0.717, 1.165) is 16.1 Å². The highest BCUT2D eigenvalue weighted by molar-refractivity contribution is 7.10. The number of nitrogens with one attached hydrogen (secondary N) is 1. The number of benzene rings is 1. The summed E-state index contributed by atoms with van der Waals surface area (Å²) in [6.45, 7) is 2.58. The number of anilines is 1. The predicted octanol–water partition coefficient (Wildman–Crippen LogP) is 2.79. The summed E-state index contributed by atoms with van der Waals surface area (Å²) in [5, 5.41) is 4.91. The number of nitrogens with two attached hydrogens (primary N) is 1. The molecule has 0 aliphatic heterocycles. The van der Waals surface area contributed by atoms with E-state index in [1.165, 1.54) is 0 Å². The number of hydrogen-bond donors (Lipinski definition) is 2. The van der Waals surface area contributed by atoms with E-state index in [1.807, 2.05) is 48.7 Å². The average molecular weight is 274 g/mol. The molecule has 0 saturated heterocycles. The first-order chi connectivity index (χ1) is 9.20. The summed E-state index contributed by atoms with van der Waals surface area (Å²) < 4.78 is 0. The van der Waals surface area contributed by atoms with Crippen molar-refractivity contribution in [1.82, 2.24) is 5.32 Å². The zero-order valence-corrected chi connectivity index (χ0v) is 11.7. The zero-order chi connectivity index (χ0) is 13.7. The second-order valence-corrected chi connectivity index (χ2v) is 5.39. The van der Waals surface area contributed by atoms with Gasteiger partial charge in [-0.3, -0.25) is 4.79 Å². The summed E-state index contributed by atoms with van der Waals surface area (Å²) in [4.78, 5) is 13.3. The SMILES string of the molecule is CCNC(=O)C(Cc1cccc(N)c1)c1cccs1. The van der Waals surface area contributed by atoms with Crippen molar-refractivity contribution in [3.8, 4) is 0 Å². The van der Waals surface area contributed by atoms with Gasteiger partial charge in [0.25, 0.3) is 0 Å². The first-order valence-electron chi connectivity index (χ1n) is 6.36. The van der Waals surface area contributed by atoms with Gasteiger partial charge in [0.05, 0.1) is 5.92 Å². The van der Waals surface area contributed by atoms with Gasteiger partial charge in [0, 0.05) is 17.1 Å². The van der Waals surface area contributed by atoms with E-state index in [9.17, 15) is 4.79 Å². The molecule has 0 bridgehead atoms. The number of likely N-dealkylation sites (N-methyl/N-ethyl adjacent to an activating group) is 1. The van der Waals surface area contributed by atoms with Gasteiger partial charge in [-0.25, -0.2) is 0 Å². The molecule has 0 fully saturated rings. The van der Waals surface area contributed by atoms with Crippen LogP contribution >= 0.6 is 11.3 Å². The largest absolute Gasteiger partial charge is 0.399 e. The number of nitrogen functional groups attached to an aromatic ring is 1. The number of carbonyl (C=O) groups is 1. The summed E-state index contributed by atoms with van der Waals surface area (Å²) in [5.41, 5.74) is 7.61. The molecule has 1 aromatic carbocycles. The predicted molar refractivity (Wildman–Crippen MR) is 80.3 cm³/mol. The molecule has 4 heteroatoms. The fraction of sp³-hybridized carbons (Fsp3) is 0.267. The smallest absolute Gasteiger partial charge is 0.228 e. The van der Waals surface area contributed by atoms with Gasteiger partial charge in [-0.2, -0.15) is 0 Å². The Morgan fingerprint density at radius 1 is 1.37 bits per heavy atom. The Morgan fingerprint density at radius 3 is 2.84 bits per heavy atom.